The second-order valence-electron chi connectivity index (χ2n) is 3.39. The molecule has 1 heteroatoms. The van der Waals surface area contributed by atoms with Crippen molar-refractivity contribution in [3.63, 3.8) is 0 Å². The van der Waals surface area contributed by atoms with Crippen LogP contribution in [-0.2, 0) is 11.2 Å². The fraction of sp³-hybridized carbons (Fsp3) is 0.308. The summed E-state index contributed by atoms with van der Waals surface area (Å²) in [6, 6.07) is 8.20. The van der Waals surface area contributed by atoms with Crippen molar-refractivity contribution >= 4 is 11.9 Å². The third-order valence-corrected chi connectivity index (χ3v) is 2.07. The van der Waals surface area contributed by atoms with Crippen molar-refractivity contribution in [1.29, 1.82) is 0 Å². The highest BCUT2D eigenvalue weighted by atomic mass is 16.1. The summed E-state index contributed by atoms with van der Waals surface area (Å²) in [5.74, 6) is 0.0938. The lowest BCUT2D eigenvalue weighted by molar-refractivity contribution is -0.112. The van der Waals surface area contributed by atoms with Crippen molar-refractivity contribution in [3.8, 4) is 0 Å². The first kappa shape index (κ1) is 10.7. The summed E-state index contributed by atoms with van der Waals surface area (Å²) in [6.45, 7) is 3.73. The maximum absolute atomic E-state index is 10.8. The predicted molar refractivity (Wildman–Crippen MR) is 60.2 cm³/mol. The van der Waals surface area contributed by atoms with Crippen molar-refractivity contribution in [2.45, 2.75) is 26.7 Å². The average Bonchev–Trinajstić information content (AvgIpc) is 2.17. The summed E-state index contributed by atoms with van der Waals surface area (Å²) in [5, 5.41) is 0. The monoisotopic (exact) mass is 188 g/mol. The third-order valence-electron chi connectivity index (χ3n) is 2.07. The first-order valence-electron chi connectivity index (χ1n) is 5.00. The maximum atomic E-state index is 10.8. The standard InChI is InChI=1S/C13H16O/c1-3-6-12-7-4-5-8-13(12)10-9-11(2)14/h4-5,7-10H,3,6H2,1-2H3/b10-9+. The minimum absolute atomic E-state index is 0.0938. The van der Waals surface area contributed by atoms with E-state index in [1.54, 1.807) is 13.0 Å². The van der Waals surface area contributed by atoms with Crippen molar-refractivity contribution in [1.82, 2.24) is 0 Å². The van der Waals surface area contributed by atoms with Crippen LogP contribution in [0.15, 0.2) is 30.3 Å². The van der Waals surface area contributed by atoms with Crippen LogP contribution >= 0.6 is 0 Å². The van der Waals surface area contributed by atoms with Crippen LogP contribution in [0.5, 0.6) is 0 Å². The lowest BCUT2D eigenvalue weighted by Crippen LogP contribution is -1.88. The molecule has 0 saturated carbocycles. The Kier molecular flexibility index (Phi) is 4.11. The van der Waals surface area contributed by atoms with Crippen LogP contribution < -0.4 is 0 Å². The van der Waals surface area contributed by atoms with E-state index in [4.69, 9.17) is 0 Å². The minimum atomic E-state index is 0.0938. The summed E-state index contributed by atoms with van der Waals surface area (Å²) in [5.41, 5.74) is 2.47. The summed E-state index contributed by atoms with van der Waals surface area (Å²) in [7, 11) is 0. The molecule has 0 aromatic heterocycles. The molecule has 0 atom stereocenters. The van der Waals surface area contributed by atoms with Crippen molar-refractivity contribution in [3.05, 3.63) is 41.5 Å². The van der Waals surface area contributed by atoms with Crippen LogP contribution in [0.3, 0.4) is 0 Å². The number of rotatable bonds is 4. The Hall–Kier alpha value is -1.37. The second kappa shape index (κ2) is 5.38. The van der Waals surface area contributed by atoms with Gasteiger partial charge in [0.25, 0.3) is 0 Å². The first-order valence-corrected chi connectivity index (χ1v) is 5.00. The van der Waals surface area contributed by atoms with Gasteiger partial charge in [-0.05, 0) is 30.5 Å². The van der Waals surface area contributed by atoms with Crippen LogP contribution in [0.2, 0.25) is 0 Å². The van der Waals surface area contributed by atoms with Gasteiger partial charge in [0.05, 0.1) is 0 Å². The van der Waals surface area contributed by atoms with Gasteiger partial charge in [-0.15, -0.1) is 0 Å². The van der Waals surface area contributed by atoms with E-state index < -0.39 is 0 Å². The molecule has 14 heavy (non-hydrogen) atoms. The molecule has 1 aromatic carbocycles. The Morgan fingerprint density at radius 3 is 2.71 bits per heavy atom. The molecule has 0 amide bonds. The zero-order valence-corrected chi connectivity index (χ0v) is 8.79. The van der Waals surface area contributed by atoms with Crippen molar-refractivity contribution in [2.75, 3.05) is 0 Å². The van der Waals surface area contributed by atoms with Gasteiger partial charge in [-0.1, -0.05) is 43.7 Å². The molecule has 1 nitrogen and oxygen atoms in total. The molecule has 1 rings (SSSR count). The molecular formula is C13H16O. The van der Waals surface area contributed by atoms with Gasteiger partial charge in [0, 0.05) is 0 Å². The molecule has 0 aliphatic heterocycles. The van der Waals surface area contributed by atoms with Gasteiger partial charge >= 0.3 is 0 Å². The molecule has 0 fully saturated rings. The Labute approximate surface area is 85.5 Å². The lowest BCUT2D eigenvalue weighted by Gasteiger charge is -2.02. The molecule has 0 radical (unpaired) electrons. The van der Waals surface area contributed by atoms with Gasteiger partial charge in [0.2, 0.25) is 0 Å². The van der Waals surface area contributed by atoms with E-state index in [2.05, 4.69) is 13.0 Å². The van der Waals surface area contributed by atoms with Gasteiger partial charge in [-0.25, -0.2) is 0 Å². The lowest BCUT2D eigenvalue weighted by atomic mass is 10.0. The predicted octanol–water partition coefficient (Wildman–Crippen LogP) is 3.24. The van der Waals surface area contributed by atoms with E-state index >= 15 is 0 Å². The van der Waals surface area contributed by atoms with Crippen molar-refractivity contribution in [2.24, 2.45) is 0 Å². The number of carbonyl (C=O) groups excluding carboxylic acids is 1. The molecule has 0 N–H and O–H groups in total. The van der Waals surface area contributed by atoms with Crippen LogP contribution in [-0.4, -0.2) is 5.78 Å². The van der Waals surface area contributed by atoms with Gasteiger partial charge < -0.3 is 0 Å². The minimum Gasteiger partial charge on any atom is -0.295 e. The number of allylic oxidation sites excluding steroid dienone is 1. The topological polar surface area (TPSA) is 17.1 Å². The number of aryl methyl sites for hydroxylation is 1. The molecule has 0 spiro atoms. The highest BCUT2D eigenvalue weighted by Crippen LogP contribution is 2.12. The fourth-order valence-electron chi connectivity index (χ4n) is 1.40. The average molecular weight is 188 g/mol. The Morgan fingerprint density at radius 1 is 1.36 bits per heavy atom. The Balaban J connectivity index is 2.89. The zero-order chi connectivity index (χ0) is 10.4. The van der Waals surface area contributed by atoms with Gasteiger partial charge in [0.1, 0.15) is 0 Å². The van der Waals surface area contributed by atoms with Crippen LogP contribution in [0.4, 0.5) is 0 Å². The summed E-state index contributed by atoms with van der Waals surface area (Å²) >= 11 is 0. The summed E-state index contributed by atoms with van der Waals surface area (Å²) < 4.78 is 0. The van der Waals surface area contributed by atoms with Crippen LogP contribution in [0.1, 0.15) is 31.4 Å². The number of ketones is 1. The van der Waals surface area contributed by atoms with Crippen LogP contribution in [0, 0.1) is 0 Å². The first-order chi connectivity index (χ1) is 6.74. The van der Waals surface area contributed by atoms with E-state index in [9.17, 15) is 4.79 Å². The van der Waals surface area contributed by atoms with Crippen molar-refractivity contribution < 1.29 is 4.79 Å². The third kappa shape index (κ3) is 3.17. The van der Waals surface area contributed by atoms with Gasteiger partial charge in [0.15, 0.2) is 5.78 Å². The van der Waals surface area contributed by atoms with E-state index in [0.29, 0.717) is 0 Å². The van der Waals surface area contributed by atoms with Crippen LogP contribution in [0.25, 0.3) is 6.08 Å². The molecule has 0 aliphatic carbocycles. The summed E-state index contributed by atoms with van der Waals surface area (Å²) in [6.07, 6.45) is 5.71. The zero-order valence-electron chi connectivity index (χ0n) is 8.79. The van der Waals surface area contributed by atoms with Gasteiger partial charge in [-0.3, -0.25) is 4.79 Å². The number of benzene rings is 1. The fourth-order valence-corrected chi connectivity index (χ4v) is 1.40. The molecule has 74 valence electrons. The molecular weight excluding hydrogens is 172 g/mol. The number of carbonyl (C=O) groups is 1. The molecule has 0 bridgehead atoms. The highest BCUT2D eigenvalue weighted by Gasteiger charge is 1.96. The Morgan fingerprint density at radius 2 is 2.07 bits per heavy atom. The van der Waals surface area contributed by atoms with E-state index in [-0.39, 0.29) is 5.78 Å². The molecule has 0 saturated heterocycles. The largest absolute Gasteiger partial charge is 0.295 e. The maximum Gasteiger partial charge on any atom is 0.152 e. The molecule has 0 unspecified atom stereocenters. The number of hydrogen-bond acceptors (Lipinski definition) is 1. The Bertz CT molecular complexity index is 337. The molecule has 1 aromatic rings. The number of hydrogen-bond donors (Lipinski definition) is 0. The van der Waals surface area contributed by atoms with E-state index in [1.807, 2.05) is 24.3 Å². The van der Waals surface area contributed by atoms with E-state index in [0.717, 1.165) is 18.4 Å². The molecule has 0 heterocycles. The smallest absolute Gasteiger partial charge is 0.152 e. The SMILES string of the molecule is CCCc1ccccc1/C=C/C(C)=O. The highest BCUT2D eigenvalue weighted by molar-refractivity contribution is 5.91. The van der Waals surface area contributed by atoms with E-state index in [1.165, 1.54) is 5.56 Å². The second-order valence-corrected chi connectivity index (χ2v) is 3.39. The van der Waals surface area contributed by atoms with Gasteiger partial charge in [-0.2, -0.15) is 0 Å². The molecule has 0 aliphatic rings. The summed E-state index contributed by atoms with van der Waals surface area (Å²) in [4.78, 5) is 10.8. The normalized spacial score (nSPS) is 10.7. The quantitative estimate of drug-likeness (QED) is 0.663.